The summed E-state index contributed by atoms with van der Waals surface area (Å²) in [7, 11) is -1.91. The number of hydrogen-bond acceptors (Lipinski definition) is 13. The normalized spacial score (nSPS) is 15.5. The number of ether oxygens (including phenoxy) is 1. The lowest BCUT2D eigenvalue weighted by molar-refractivity contribution is 0.198. The van der Waals surface area contributed by atoms with Gasteiger partial charge < -0.3 is 33.9 Å². The number of nitrogens with one attached hydrogen (secondary N) is 2. The van der Waals surface area contributed by atoms with E-state index >= 15 is 0 Å². The van der Waals surface area contributed by atoms with Crippen LogP contribution in [-0.4, -0.2) is 131 Å². The highest BCUT2D eigenvalue weighted by Gasteiger charge is 2.39. The van der Waals surface area contributed by atoms with Gasteiger partial charge in [0.25, 0.3) is 8.32 Å². The van der Waals surface area contributed by atoms with Crippen LogP contribution in [0.3, 0.4) is 0 Å². The third-order valence-electron chi connectivity index (χ3n) is 9.76. The van der Waals surface area contributed by atoms with Crippen molar-refractivity contribution in [2.24, 2.45) is 0 Å². The average Bonchev–Trinajstić information content (AvgIpc) is 3.81. The molecule has 57 heavy (non-hydrogen) atoms. The van der Waals surface area contributed by atoms with Crippen molar-refractivity contribution in [2.75, 3.05) is 86.0 Å². The summed E-state index contributed by atoms with van der Waals surface area (Å²) in [6, 6.07) is 9.91. The SMILES string of the molecule is C1CCOC1.CC(C)(C)[Si](C)(C)Oc1ccc(NC(=O)N2CCN(c3ncccn3)CC2)nc1.Cl.O=C(Nc1ccc(O)cn1)N1CCN(c2ncccn2)CC1. The van der Waals surface area contributed by atoms with Gasteiger partial charge in [-0.15, -0.1) is 12.4 Å². The first-order chi connectivity index (χ1) is 26.9. The summed E-state index contributed by atoms with van der Waals surface area (Å²) >= 11 is 0. The molecular formula is C38H55ClN12O5Si. The molecule has 0 radical (unpaired) electrons. The van der Waals surface area contributed by atoms with Crippen LogP contribution in [0.2, 0.25) is 18.1 Å². The Morgan fingerprint density at radius 2 is 1.12 bits per heavy atom. The number of aromatic nitrogens is 6. The van der Waals surface area contributed by atoms with Crippen LogP contribution in [0.4, 0.5) is 33.1 Å². The van der Waals surface area contributed by atoms with Crippen molar-refractivity contribution < 1.29 is 23.9 Å². The summed E-state index contributed by atoms with van der Waals surface area (Å²) in [6.45, 7) is 18.1. The highest BCUT2D eigenvalue weighted by molar-refractivity contribution is 6.74. The molecule has 7 rings (SSSR count). The highest BCUT2D eigenvalue weighted by atomic mass is 35.5. The lowest BCUT2D eigenvalue weighted by Crippen LogP contribution is -2.50. The van der Waals surface area contributed by atoms with E-state index in [9.17, 15) is 14.7 Å². The number of amides is 4. The molecule has 3 fully saturated rings. The number of pyridine rings is 2. The highest BCUT2D eigenvalue weighted by Crippen LogP contribution is 2.37. The van der Waals surface area contributed by atoms with Crippen molar-refractivity contribution in [1.82, 2.24) is 39.7 Å². The molecule has 0 atom stereocenters. The molecule has 19 heteroatoms. The van der Waals surface area contributed by atoms with Gasteiger partial charge in [0.15, 0.2) is 0 Å². The molecule has 308 valence electrons. The molecule has 7 heterocycles. The van der Waals surface area contributed by atoms with Crippen LogP contribution in [0.25, 0.3) is 0 Å². The van der Waals surface area contributed by atoms with Gasteiger partial charge >= 0.3 is 12.1 Å². The van der Waals surface area contributed by atoms with Crippen LogP contribution in [0.1, 0.15) is 33.6 Å². The molecule has 3 N–H and O–H groups in total. The van der Waals surface area contributed by atoms with Gasteiger partial charge in [0.1, 0.15) is 23.1 Å². The zero-order valence-corrected chi connectivity index (χ0v) is 35.2. The van der Waals surface area contributed by atoms with Crippen molar-refractivity contribution >= 4 is 56.3 Å². The molecule has 3 saturated heterocycles. The fraction of sp³-hybridized carbons (Fsp3) is 0.474. The number of urea groups is 2. The summed E-state index contributed by atoms with van der Waals surface area (Å²) in [5.74, 6) is 3.12. The number of carbonyl (C=O) groups is 2. The minimum atomic E-state index is -1.91. The van der Waals surface area contributed by atoms with E-state index in [1.54, 1.807) is 65.0 Å². The van der Waals surface area contributed by atoms with Gasteiger partial charge in [-0.3, -0.25) is 10.6 Å². The number of carbonyl (C=O) groups excluding carboxylic acids is 2. The van der Waals surface area contributed by atoms with Crippen LogP contribution in [0.5, 0.6) is 11.5 Å². The Morgan fingerprint density at radius 1 is 0.684 bits per heavy atom. The van der Waals surface area contributed by atoms with Crippen LogP contribution in [0.15, 0.2) is 73.6 Å². The topological polar surface area (TPSA) is 187 Å². The standard InChI is InChI=1S/C20H30N6O2Si.C14H16N6O2.C4H8O.ClH/c1-20(2,3)29(4,5)28-16-7-8-17(23-15-16)24-19(27)26-13-11-25(12-14-26)18-21-9-6-10-22-18;21-11-2-3-12(17-10-11)18-14(22)20-8-6-19(7-9-20)13-15-4-1-5-16-13;1-2-4-5-3-1;/h6-10,15H,11-14H2,1-5H3,(H,23,24,27);1-5,10,21H,6-9H2,(H,17,18,22);1-4H2;1H. The van der Waals surface area contributed by atoms with Crippen LogP contribution < -0.4 is 24.9 Å². The van der Waals surface area contributed by atoms with E-state index in [0.717, 1.165) is 19.0 Å². The van der Waals surface area contributed by atoms with Gasteiger partial charge in [-0.25, -0.2) is 39.5 Å². The first-order valence-corrected chi connectivity index (χ1v) is 21.8. The number of piperazine rings is 2. The van der Waals surface area contributed by atoms with E-state index in [1.807, 2.05) is 11.0 Å². The maximum atomic E-state index is 12.6. The molecule has 0 saturated carbocycles. The van der Waals surface area contributed by atoms with Gasteiger partial charge in [-0.05, 0) is 67.4 Å². The number of anilines is 4. The predicted molar refractivity (Wildman–Crippen MR) is 225 cm³/mol. The average molecular weight is 823 g/mol. The second-order valence-electron chi connectivity index (χ2n) is 14.9. The molecule has 0 bridgehead atoms. The molecule has 17 nitrogen and oxygen atoms in total. The fourth-order valence-electron chi connectivity index (χ4n) is 5.44. The Bertz CT molecular complexity index is 1780. The molecule has 0 aliphatic carbocycles. The summed E-state index contributed by atoms with van der Waals surface area (Å²) in [4.78, 5) is 57.6. The van der Waals surface area contributed by atoms with Crippen LogP contribution in [0, 0.1) is 0 Å². The molecule has 4 aromatic heterocycles. The molecule has 3 aliphatic rings. The smallest absolute Gasteiger partial charge is 0.323 e. The Labute approximate surface area is 341 Å². The second kappa shape index (κ2) is 21.3. The number of aromatic hydroxyl groups is 1. The number of halogens is 1. The maximum absolute atomic E-state index is 12.6. The number of nitrogens with zero attached hydrogens (tertiary/aromatic N) is 10. The van der Waals surface area contributed by atoms with Crippen molar-refractivity contribution in [3.05, 3.63) is 73.6 Å². The first kappa shape index (κ1) is 44.4. The minimum absolute atomic E-state index is 0. The van der Waals surface area contributed by atoms with Gasteiger partial charge in [0.05, 0.1) is 12.4 Å². The van der Waals surface area contributed by atoms with Gasteiger partial charge in [0.2, 0.25) is 11.9 Å². The lowest BCUT2D eigenvalue weighted by Gasteiger charge is -2.36. The van der Waals surface area contributed by atoms with E-state index in [0.29, 0.717) is 75.9 Å². The first-order valence-electron chi connectivity index (χ1n) is 18.9. The summed E-state index contributed by atoms with van der Waals surface area (Å²) < 4.78 is 11.2. The van der Waals surface area contributed by atoms with Gasteiger partial charge in [-0.2, -0.15) is 0 Å². The Balaban J connectivity index is 0.000000227. The van der Waals surface area contributed by atoms with Crippen LogP contribution in [-0.2, 0) is 4.74 Å². The summed E-state index contributed by atoms with van der Waals surface area (Å²) in [5.41, 5.74) is 0. The van der Waals surface area contributed by atoms with E-state index in [4.69, 9.17) is 9.16 Å². The van der Waals surface area contributed by atoms with E-state index in [1.165, 1.54) is 25.1 Å². The Kier molecular flexibility index (Phi) is 16.6. The molecular weight excluding hydrogens is 768 g/mol. The third kappa shape index (κ3) is 13.7. The van der Waals surface area contributed by atoms with Crippen LogP contribution >= 0.6 is 12.4 Å². The van der Waals surface area contributed by atoms with Crippen molar-refractivity contribution in [1.29, 1.82) is 0 Å². The number of hydrogen-bond donors (Lipinski definition) is 3. The summed E-state index contributed by atoms with van der Waals surface area (Å²) in [5, 5.41) is 14.9. The molecule has 0 unspecified atom stereocenters. The van der Waals surface area contributed by atoms with Gasteiger partial charge in [0, 0.05) is 90.4 Å². The molecule has 0 aromatic carbocycles. The molecule has 3 aliphatic heterocycles. The fourth-order valence-corrected chi connectivity index (χ4v) is 6.45. The largest absolute Gasteiger partial charge is 0.542 e. The number of rotatable bonds is 6. The van der Waals surface area contributed by atoms with Gasteiger partial charge in [-0.1, -0.05) is 20.8 Å². The van der Waals surface area contributed by atoms with Crippen molar-refractivity contribution in [3.63, 3.8) is 0 Å². The molecule has 4 amide bonds. The van der Waals surface area contributed by atoms with E-state index in [-0.39, 0.29) is 35.3 Å². The zero-order chi connectivity index (χ0) is 40.0. The molecule has 0 spiro atoms. The van der Waals surface area contributed by atoms with Crippen molar-refractivity contribution in [3.8, 4) is 11.5 Å². The maximum Gasteiger partial charge on any atom is 0.323 e. The quantitative estimate of drug-likeness (QED) is 0.200. The third-order valence-corrected chi connectivity index (χ3v) is 14.1. The predicted octanol–water partition coefficient (Wildman–Crippen LogP) is 5.76. The molecule has 4 aromatic rings. The second-order valence-corrected chi connectivity index (χ2v) is 19.6. The lowest BCUT2D eigenvalue weighted by atomic mass is 10.2. The van der Waals surface area contributed by atoms with E-state index < -0.39 is 8.32 Å². The van der Waals surface area contributed by atoms with Crippen molar-refractivity contribution in [2.45, 2.75) is 51.7 Å². The van der Waals surface area contributed by atoms with E-state index in [2.05, 4.69) is 79.3 Å². The minimum Gasteiger partial charge on any atom is -0.542 e. The zero-order valence-electron chi connectivity index (χ0n) is 33.4. The summed E-state index contributed by atoms with van der Waals surface area (Å²) in [6.07, 6.45) is 12.4. The Hall–Kier alpha value is -5.33. The Morgan fingerprint density at radius 3 is 1.47 bits per heavy atom. The monoisotopic (exact) mass is 822 g/mol.